The first-order valence-electron chi connectivity index (χ1n) is 4.24. The number of rotatable bonds is 2. The Hall–Kier alpha value is -1.46. The Kier molecular flexibility index (Phi) is 2.66. The zero-order chi connectivity index (χ0) is 10.8. The fraction of sp³-hybridized carbons (Fsp3) is 0.111. The lowest BCUT2D eigenvalue weighted by molar-refractivity contribution is 0.623. The number of hydrogen-bond acceptors (Lipinski definition) is 3. The second-order valence-corrected chi connectivity index (χ2v) is 3.45. The van der Waals surface area contributed by atoms with E-state index in [-0.39, 0.29) is 5.82 Å². The van der Waals surface area contributed by atoms with Crippen LogP contribution in [0, 0.1) is 5.82 Å². The predicted molar refractivity (Wildman–Crippen MR) is 53.8 cm³/mol. The molecule has 1 heterocycles. The van der Waals surface area contributed by atoms with Crippen molar-refractivity contribution in [1.29, 1.82) is 0 Å². The lowest BCUT2D eigenvalue weighted by atomic mass is 10.1. The highest BCUT2D eigenvalue weighted by molar-refractivity contribution is 6.31. The molecule has 1 aromatic carbocycles. The number of nitrogens with zero attached hydrogens (tertiary/aromatic N) is 2. The van der Waals surface area contributed by atoms with Crippen LogP contribution < -0.4 is 5.73 Å². The second-order valence-electron chi connectivity index (χ2n) is 3.04. The number of nitrogens with one attached hydrogen (secondary N) is 1. The maximum Gasteiger partial charge on any atom is 0.123 e. The highest BCUT2D eigenvalue weighted by Crippen LogP contribution is 2.25. The first kappa shape index (κ1) is 10.1. The van der Waals surface area contributed by atoms with Crippen LogP contribution in [0.2, 0.25) is 5.02 Å². The lowest BCUT2D eigenvalue weighted by Crippen LogP contribution is -2.13. The number of halogens is 2. The van der Waals surface area contributed by atoms with Gasteiger partial charge < -0.3 is 5.73 Å². The maximum atomic E-state index is 13.0. The van der Waals surface area contributed by atoms with Crippen LogP contribution in [0.3, 0.4) is 0 Å². The van der Waals surface area contributed by atoms with Crippen LogP contribution in [0.1, 0.15) is 17.3 Å². The van der Waals surface area contributed by atoms with Crippen LogP contribution in [0.15, 0.2) is 24.4 Å². The summed E-state index contributed by atoms with van der Waals surface area (Å²) in [5.41, 5.74) is 6.86. The van der Waals surface area contributed by atoms with E-state index >= 15 is 0 Å². The van der Waals surface area contributed by atoms with Crippen molar-refractivity contribution in [3.05, 3.63) is 46.5 Å². The summed E-state index contributed by atoms with van der Waals surface area (Å²) in [6, 6.07) is 3.46. The first-order valence-corrected chi connectivity index (χ1v) is 4.62. The fourth-order valence-corrected chi connectivity index (χ4v) is 1.51. The molecule has 0 aliphatic heterocycles. The molecule has 6 heteroatoms. The fourth-order valence-electron chi connectivity index (χ4n) is 1.27. The van der Waals surface area contributed by atoms with E-state index in [1.54, 1.807) is 0 Å². The van der Waals surface area contributed by atoms with Gasteiger partial charge in [0.1, 0.15) is 11.5 Å². The van der Waals surface area contributed by atoms with Crippen molar-refractivity contribution in [2.45, 2.75) is 6.04 Å². The monoisotopic (exact) mass is 226 g/mol. The molecule has 0 fully saturated rings. The average Bonchev–Trinajstić information content (AvgIpc) is 2.74. The van der Waals surface area contributed by atoms with Gasteiger partial charge in [0, 0.05) is 5.02 Å². The third-order valence-corrected chi connectivity index (χ3v) is 2.39. The van der Waals surface area contributed by atoms with Crippen LogP contribution >= 0.6 is 11.6 Å². The van der Waals surface area contributed by atoms with E-state index in [0.717, 1.165) is 0 Å². The zero-order valence-electron chi connectivity index (χ0n) is 7.61. The van der Waals surface area contributed by atoms with Gasteiger partial charge in [-0.05, 0) is 23.8 Å². The quantitative estimate of drug-likeness (QED) is 0.818. The normalized spacial score (nSPS) is 12.7. The van der Waals surface area contributed by atoms with Crippen molar-refractivity contribution >= 4 is 11.6 Å². The van der Waals surface area contributed by atoms with Crippen LogP contribution in [-0.4, -0.2) is 15.4 Å². The molecule has 1 atom stereocenters. The Bertz CT molecular complexity index is 457. The average molecular weight is 227 g/mol. The summed E-state index contributed by atoms with van der Waals surface area (Å²) < 4.78 is 13.0. The van der Waals surface area contributed by atoms with Gasteiger partial charge in [-0.15, -0.1) is 0 Å². The van der Waals surface area contributed by atoms with E-state index < -0.39 is 6.04 Å². The molecule has 0 bridgehead atoms. The van der Waals surface area contributed by atoms with E-state index in [0.29, 0.717) is 16.3 Å². The molecule has 15 heavy (non-hydrogen) atoms. The van der Waals surface area contributed by atoms with Gasteiger partial charge in [-0.1, -0.05) is 11.6 Å². The van der Waals surface area contributed by atoms with Crippen molar-refractivity contribution in [2.24, 2.45) is 5.73 Å². The largest absolute Gasteiger partial charge is 0.319 e. The second kappa shape index (κ2) is 3.96. The highest BCUT2D eigenvalue weighted by Gasteiger charge is 2.15. The smallest absolute Gasteiger partial charge is 0.123 e. The van der Waals surface area contributed by atoms with Gasteiger partial charge in [-0.25, -0.2) is 4.39 Å². The van der Waals surface area contributed by atoms with Gasteiger partial charge in [0.15, 0.2) is 0 Å². The van der Waals surface area contributed by atoms with Crippen molar-refractivity contribution in [3.63, 3.8) is 0 Å². The van der Waals surface area contributed by atoms with Crippen LogP contribution in [0.4, 0.5) is 4.39 Å². The van der Waals surface area contributed by atoms with Gasteiger partial charge in [0.2, 0.25) is 0 Å². The number of aromatic nitrogens is 3. The van der Waals surface area contributed by atoms with Gasteiger partial charge in [-0.3, -0.25) is 0 Å². The molecule has 78 valence electrons. The summed E-state index contributed by atoms with van der Waals surface area (Å²) in [5.74, 6) is -0.381. The summed E-state index contributed by atoms with van der Waals surface area (Å²) >= 11 is 5.90. The number of aromatic amines is 1. The summed E-state index contributed by atoms with van der Waals surface area (Å²) in [7, 11) is 0. The molecule has 2 aromatic rings. The Morgan fingerprint density at radius 2 is 2.27 bits per heavy atom. The minimum atomic E-state index is -0.577. The number of hydrogen-bond donors (Lipinski definition) is 2. The summed E-state index contributed by atoms with van der Waals surface area (Å²) in [4.78, 5) is 0. The molecule has 0 saturated carbocycles. The van der Waals surface area contributed by atoms with Crippen LogP contribution in [0.5, 0.6) is 0 Å². The molecule has 0 spiro atoms. The van der Waals surface area contributed by atoms with Crippen molar-refractivity contribution in [1.82, 2.24) is 15.4 Å². The maximum absolute atomic E-state index is 13.0. The van der Waals surface area contributed by atoms with Gasteiger partial charge >= 0.3 is 0 Å². The molecule has 1 aromatic heterocycles. The third-order valence-electron chi connectivity index (χ3n) is 2.05. The van der Waals surface area contributed by atoms with Gasteiger partial charge in [-0.2, -0.15) is 15.4 Å². The summed E-state index contributed by atoms with van der Waals surface area (Å²) in [6.07, 6.45) is 1.48. The topological polar surface area (TPSA) is 67.6 Å². The molecule has 1 unspecified atom stereocenters. The summed E-state index contributed by atoms with van der Waals surface area (Å²) in [6.45, 7) is 0. The number of benzene rings is 1. The zero-order valence-corrected chi connectivity index (χ0v) is 8.37. The van der Waals surface area contributed by atoms with Crippen molar-refractivity contribution in [2.75, 3.05) is 0 Å². The Morgan fingerprint density at radius 1 is 1.47 bits per heavy atom. The standard InChI is InChI=1S/C9H8ClFN4/c10-7-2-1-5(11)3-6(7)9(12)8-4-13-15-14-8/h1-4,9H,12H2,(H,13,14,15). The minimum Gasteiger partial charge on any atom is -0.319 e. The van der Waals surface area contributed by atoms with E-state index in [2.05, 4.69) is 15.4 Å². The molecular weight excluding hydrogens is 219 g/mol. The Morgan fingerprint density at radius 3 is 2.93 bits per heavy atom. The van der Waals surface area contributed by atoms with E-state index in [9.17, 15) is 4.39 Å². The van der Waals surface area contributed by atoms with Crippen molar-refractivity contribution in [3.8, 4) is 0 Å². The SMILES string of the molecule is NC(c1cn[nH]n1)c1cc(F)ccc1Cl. The molecular formula is C9H8ClFN4. The molecule has 0 amide bonds. The summed E-state index contributed by atoms with van der Waals surface area (Å²) in [5, 5.41) is 10.3. The molecule has 3 N–H and O–H groups in total. The van der Waals surface area contributed by atoms with E-state index in [1.807, 2.05) is 0 Å². The molecule has 0 aliphatic carbocycles. The minimum absolute atomic E-state index is 0.381. The third kappa shape index (κ3) is 1.98. The number of H-pyrrole nitrogens is 1. The van der Waals surface area contributed by atoms with Gasteiger partial charge in [0.25, 0.3) is 0 Å². The van der Waals surface area contributed by atoms with E-state index in [1.165, 1.54) is 24.4 Å². The first-order chi connectivity index (χ1) is 7.18. The molecule has 2 rings (SSSR count). The van der Waals surface area contributed by atoms with Crippen LogP contribution in [0.25, 0.3) is 0 Å². The lowest BCUT2D eigenvalue weighted by Gasteiger charge is -2.10. The Labute approximate surface area is 90.2 Å². The van der Waals surface area contributed by atoms with Crippen LogP contribution in [-0.2, 0) is 0 Å². The molecule has 0 saturated heterocycles. The molecule has 0 aliphatic rings. The molecule has 4 nitrogen and oxygen atoms in total. The Balaban J connectivity index is 2.41. The van der Waals surface area contributed by atoms with Gasteiger partial charge in [0.05, 0.1) is 12.2 Å². The van der Waals surface area contributed by atoms with Crippen molar-refractivity contribution < 1.29 is 4.39 Å². The predicted octanol–water partition coefficient (Wildman–Crippen LogP) is 1.65. The number of nitrogens with two attached hydrogens (primary N) is 1. The van der Waals surface area contributed by atoms with E-state index in [4.69, 9.17) is 17.3 Å². The molecule has 0 radical (unpaired) electrons. The highest BCUT2D eigenvalue weighted by atomic mass is 35.5.